The van der Waals surface area contributed by atoms with E-state index in [-0.39, 0.29) is 5.91 Å². The van der Waals surface area contributed by atoms with Gasteiger partial charge in [0.1, 0.15) is 0 Å². The summed E-state index contributed by atoms with van der Waals surface area (Å²) in [5.41, 5.74) is 0. The third-order valence-corrected chi connectivity index (χ3v) is 3.50. The van der Waals surface area contributed by atoms with Crippen LogP contribution < -0.4 is 0 Å². The molecule has 1 atom stereocenters. The Hall–Kier alpha value is -0.440. The van der Waals surface area contributed by atoms with Gasteiger partial charge < -0.3 is 4.90 Å². The number of likely N-dealkylation sites (tertiary alicyclic amines) is 1. The number of hydrogen-bond donors (Lipinski definition) is 0. The van der Waals surface area contributed by atoms with E-state index in [0.717, 1.165) is 19.5 Å². The van der Waals surface area contributed by atoms with Gasteiger partial charge in [-0.25, -0.2) is 0 Å². The number of amides is 1. The van der Waals surface area contributed by atoms with Crippen LogP contribution in [0.2, 0.25) is 0 Å². The second-order valence-corrected chi connectivity index (χ2v) is 4.48. The summed E-state index contributed by atoms with van der Waals surface area (Å²) in [4.78, 5) is 13.3. The maximum absolute atomic E-state index is 11.4. The first-order valence-corrected chi connectivity index (χ1v) is 6.01. The van der Waals surface area contributed by atoms with E-state index in [1.807, 2.05) is 16.7 Å². The Bertz CT molecular complexity index is 193. The number of carbonyl (C=O) groups is 1. The Labute approximate surface area is 84.4 Å². The van der Waals surface area contributed by atoms with Crippen LogP contribution in [-0.2, 0) is 4.79 Å². The van der Waals surface area contributed by atoms with Crippen molar-refractivity contribution in [3.8, 4) is 0 Å². The van der Waals surface area contributed by atoms with Crippen LogP contribution in [-0.4, -0.2) is 35.4 Å². The Balaban J connectivity index is 2.53. The molecule has 0 unspecified atom stereocenters. The molecule has 2 nitrogen and oxygen atoms in total. The zero-order valence-corrected chi connectivity index (χ0v) is 8.98. The van der Waals surface area contributed by atoms with Crippen molar-refractivity contribution >= 4 is 17.7 Å². The second kappa shape index (κ2) is 5.32. The van der Waals surface area contributed by atoms with E-state index in [4.69, 9.17) is 0 Å². The first-order valence-electron chi connectivity index (χ1n) is 4.72. The standard InChI is InChI=1S/C10H17NOS/c1-3-10(12)11-7-5-4-6-9(8-11)13-2/h3,9H,1,4-8H2,2H3/t9-/m1/s1. The van der Waals surface area contributed by atoms with Gasteiger partial charge in [-0.2, -0.15) is 11.8 Å². The quantitative estimate of drug-likeness (QED) is 0.633. The van der Waals surface area contributed by atoms with E-state index in [9.17, 15) is 4.79 Å². The molecule has 0 aromatic carbocycles. The van der Waals surface area contributed by atoms with Crippen molar-refractivity contribution < 1.29 is 4.79 Å². The Kier molecular flexibility index (Phi) is 4.36. The molecule has 0 N–H and O–H groups in total. The molecule has 1 heterocycles. The monoisotopic (exact) mass is 199 g/mol. The van der Waals surface area contributed by atoms with Crippen molar-refractivity contribution in [2.45, 2.75) is 24.5 Å². The minimum absolute atomic E-state index is 0.0842. The first-order chi connectivity index (χ1) is 6.27. The Morgan fingerprint density at radius 3 is 3.00 bits per heavy atom. The number of rotatable bonds is 2. The molecule has 13 heavy (non-hydrogen) atoms. The Morgan fingerprint density at radius 2 is 2.38 bits per heavy atom. The van der Waals surface area contributed by atoms with Crippen LogP contribution in [0.25, 0.3) is 0 Å². The van der Waals surface area contributed by atoms with Gasteiger partial charge in [0.05, 0.1) is 0 Å². The van der Waals surface area contributed by atoms with Crippen molar-refractivity contribution in [2.24, 2.45) is 0 Å². The molecule has 0 saturated carbocycles. The lowest BCUT2D eigenvalue weighted by atomic mass is 10.2. The molecule has 0 aromatic rings. The fraction of sp³-hybridized carbons (Fsp3) is 0.700. The van der Waals surface area contributed by atoms with Crippen LogP contribution in [0.4, 0.5) is 0 Å². The lowest BCUT2D eigenvalue weighted by Gasteiger charge is -2.21. The molecular formula is C10H17NOS. The summed E-state index contributed by atoms with van der Waals surface area (Å²) in [5.74, 6) is 0.0842. The zero-order chi connectivity index (χ0) is 9.68. The van der Waals surface area contributed by atoms with Gasteiger partial charge in [0.2, 0.25) is 5.91 Å². The van der Waals surface area contributed by atoms with E-state index in [1.165, 1.54) is 18.9 Å². The van der Waals surface area contributed by atoms with Crippen LogP contribution in [0.5, 0.6) is 0 Å². The molecule has 3 heteroatoms. The minimum Gasteiger partial charge on any atom is -0.338 e. The number of nitrogens with zero attached hydrogens (tertiary/aromatic N) is 1. The normalized spacial score (nSPS) is 23.8. The maximum Gasteiger partial charge on any atom is 0.245 e. The highest BCUT2D eigenvalue weighted by Crippen LogP contribution is 2.19. The van der Waals surface area contributed by atoms with Crippen LogP contribution in [0.15, 0.2) is 12.7 Å². The maximum atomic E-state index is 11.4. The van der Waals surface area contributed by atoms with E-state index in [0.29, 0.717) is 5.25 Å². The molecule has 0 radical (unpaired) electrons. The molecule has 0 aliphatic carbocycles. The van der Waals surface area contributed by atoms with Crippen LogP contribution >= 0.6 is 11.8 Å². The molecule has 0 aromatic heterocycles. The molecule has 1 rings (SSSR count). The zero-order valence-electron chi connectivity index (χ0n) is 8.16. The fourth-order valence-electron chi connectivity index (χ4n) is 1.62. The molecule has 0 spiro atoms. The third kappa shape index (κ3) is 3.07. The number of thioether (sulfide) groups is 1. The predicted octanol–water partition coefficient (Wildman–Crippen LogP) is 1.92. The largest absolute Gasteiger partial charge is 0.338 e. The van der Waals surface area contributed by atoms with Crippen molar-refractivity contribution in [2.75, 3.05) is 19.3 Å². The summed E-state index contributed by atoms with van der Waals surface area (Å²) in [5, 5.41) is 0.617. The molecule has 0 bridgehead atoms. The summed E-state index contributed by atoms with van der Waals surface area (Å²) in [6.45, 7) is 5.32. The van der Waals surface area contributed by atoms with Crippen LogP contribution in [0, 0.1) is 0 Å². The second-order valence-electron chi connectivity index (χ2n) is 3.34. The van der Waals surface area contributed by atoms with Crippen molar-refractivity contribution in [1.82, 2.24) is 4.90 Å². The van der Waals surface area contributed by atoms with Gasteiger partial charge in [0.25, 0.3) is 0 Å². The van der Waals surface area contributed by atoms with Gasteiger partial charge in [0.15, 0.2) is 0 Å². The highest BCUT2D eigenvalue weighted by molar-refractivity contribution is 7.99. The molecular weight excluding hydrogens is 182 g/mol. The van der Waals surface area contributed by atoms with E-state index in [2.05, 4.69) is 12.8 Å². The average Bonchev–Trinajstić information content (AvgIpc) is 2.41. The van der Waals surface area contributed by atoms with Crippen molar-refractivity contribution in [3.05, 3.63) is 12.7 Å². The summed E-state index contributed by atoms with van der Waals surface area (Å²) < 4.78 is 0. The first kappa shape index (κ1) is 10.6. The molecule has 1 amide bonds. The lowest BCUT2D eigenvalue weighted by molar-refractivity contribution is -0.125. The fourth-order valence-corrected chi connectivity index (χ4v) is 2.36. The highest BCUT2D eigenvalue weighted by atomic mass is 32.2. The van der Waals surface area contributed by atoms with Gasteiger partial charge in [-0.1, -0.05) is 13.0 Å². The molecule has 74 valence electrons. The molecule has 1 aliphatic rings. The van der Waals surface area contributed by atoms with Gasteiger partial charge >= 0.3 is 0 Å². The van der Waals surface area contributed by atoms with E-state index < -0.39 is 0 Å². The minimum atomic E-state index is 0.0842. The molecule has 1 fully saturated rings. The van der Waals surface area contributed by atoms with Gasteiger partial charge in [-0.3, -0.25) is 4.79 Å². The van der Waals surface area contributed by atoms with Crippen molar-refractivity contribution in [3.63, 3.8) is 0 Å². The average molecular weight is 199 g/mol. The van der Waals surface area contributed by atoms with E-state index >= 15 is 0 Å². The lowest BCUT2D eigenvalue weighted by Crippen LogP contribution is -2.34. The number of hydrogen-bond acceptors (Lipinski definition) is 2. The van der Waals surface area contributed by atoms with Gasteiger partial charge in [-0.05, 0) is 25.2 Å². The summed E-state index contributed by atoms with van der Waals surface area (Å²) in [6.07, 6.45) is 7.15. The van der Waals surface area contributed by atoms with E-state index in [1.54, 1.807) is 0 Å². The third-order valence-electron chi connectivity index (χ3n) is 2.45. The molecule has 1 saturated heterocycles. The topological polar surface area (TPSA) is 20.3 Å². The smallest absolute Gasteiger partial charge is 0.245 e. The van der Waals surface area contributed by atoms with Crippen LogP contribution in [0.3, 0.4) is 0 Å². The summed E-state index contributed by atoms with van der Waals surface area (Å²) >= 11 is 1.86. The SMILES string of the molecule is C=CC(=O)N1CCCC[C@@H](SC)C1. The van der Waals surface area contributed by atoms with Gasteiger partial charge in [0, 0.05) is 18.3 Å². The summed E-state index contributed by atoms with van der Waals surface area (Å²) in [7, 11) is 0. The van der Waals surface area contributed by atoms with Crippen LogP contribution in [0.1, 0.15) is 19.3 Å². The predicted molar refractivity (Wildman–Crippen MR) is 57.9 cm³/mol. The van der Waals surface area contributed by atoms with Gasteiger partial charge in [-0.15, -0.1) is 0 Å². The Morgan fingerprint density at radius 1 is 1.62 bits per heavy atom. The van der Waals surface area contributed by atoms with Crippen molar-refractivity contribution in [1.29, 1.82) is 0 Å². The summed E-state index contributed by atoms with van der Waals surface area (Å²) in [6, 6.07) is 0. The molecule has 1 aliphatic heterocycles. The highest BCUT2D eigenvalue weighted by Gasteiger charge is 2.19. The number of carbonyl (C=O) groups excluding carboxylic acids is 1.